The van der Waals surface area contributed by atoms with Gasteiger partial charge in [-0.25, -0.2) is 4.89 Å². The SMILES string of the molecule is CCCCOC(CCCC(OCCC)(OOC(C)(C)C)OC(C)C)(OCC(C)C)OC(C)CC. The zero-order chi connectivity index (χ0) is 26.3. The summed E-state index contributed by atoms with van der Waals surface area (Å²) in [6.45, 7) is 23.9. The van der Waals surface area contributed by atoms with E-state index in [2.05, 4.69) is 34.6 Å². The fraction of sp³-hybridized carbons (Fsp3) is 1.00. The molecule has 0 saturated carbocycles. The minimum atomic E-state index is -1.32. The summed E-state index contributed by atoms with van der Waals surface area (Å²) in [4.78, 5) is 11.5. The van der Waals surface area contributed by atoms with Crippen LogP contribution >= 0.6 is 0 Å². The van der Waals surface area contributed by atoms with Crippen LogP contribution in [0.5, 0.6) is 0 Å². The Labute approximate surface area is 210 Å². The Hall–Kier alpha value is -0.280. The van der Waals surface area contributed by atoms with Gasteiger partial charge in [0, 0.05) is 12.8 Å². The van der Waals surface area contributed by atoms with Crippen LogP contribution in [0, 0.1) is 5.92 Å². The summed E-state index contributed by atoms with van der Waals surface area (Å²) in [5, 5.41) is 0. The van der Waals surface area contributed by atoms with Gasteiger partial charge in [-0.2, -0.15) is 4.89 Å². The molecule has 0 aromatic heterocycles. The molecule has 0 aliphatic carbocycles. The molecule has 7 heteroatoms. The molecule has 0 aromatic rings. The van der Waals surface area contributed by atoms with Crippen LogP contribution in [0.4, 0.5) is 0 Å². The molecular weight excluding hydrogens is 436 g/mol. The van der Waals surface area contributed by atoms with Gasteiger partial charge in [0.2, 0.25) is 0 Å². The van der Waals surface area contributed by atoms with Crippen molar-refractivity contribution in [2.45, 2.75) is 151 Å². The van der Waals surface area contributed by atoms with Crippen molar-refractivity contribution in [1.29, 1.82) is 0 Å². The predicted octanol–water partition coefficient (Wildman–Crippen LogP) is 7.37. The fourth-order valence-corrected chi connectivity index (χ4v) is 2.95. The first-order valence-corrected chi connectivity index (χ1v) is 13.5. The zero-order valence-corrected chi connectivity index (χ0v) is 24.2. The van der Waals surface area contributed by atoms with Crippen molar-refractivity contribution in [3.05, 3.63) is 0 Å². The maximum Gasteiger partial charge on any atom is 0.312 e. The van der Waals surface area contributed by atoms with Crippen LogP contribution in [0.2, 0.25) is 0 Å². The Balaban J connectivity index is 5.71. The molecule has 7 nitrogen and oxygen atoms in total. The van der Waals surface area contributed by atoms with Crippen molar-refractivity contribution in [2.75, 3.05) is 19.8 Å². The molecule has 0 fully saturated rings. The minimum Gasteiger partial charge on any atom is -0.327 e. The van der Waals surface area contributed by atoms with Gasteiger partial charge in [-0.05, 0) is 73.1 Å². The molecule has 206 valence electrons. The molecule has 0 aliphatic heterocycles. The van der Waals surface area contributed by atoms with Gasteiger partial charge < -0.3 is 23.7 Å². The normalized spacial score (nSPS) is 17.2. The highest BCUT2D eigenvalue weighted by Gasteiger charge is 2.41. The van der Waals surface area contributed by atoms with Gasteiger partial charge in [0.1, 0.15) is 0 Å². The van der Waals surface area contributed by atoms with E-state index in [4.69, 9.17) is 33.5 Å². The fourth-order valence-electron chi connectivity index (χ4n) is 2.95. The number of ether oxygens (including phenoxy) is 5. The van der Waals surface area contributed by atoms with Gasteiger partial charge in [-0.15, -0.1) is 0 Å². The standard InChI is InChI=1S/C27H56O7/c1-12-15-20-29-26(30-21-22(4)5,32-24(8)14-3)17-16-18-27(28-19-13-2,31-23(6)7)34-33-25(9,10)11/h22-24H,12-21H2,1-11H3. The van der Waals surface area contributed by atoms with Crippen molar-refractivity contribution >= 4 is 0 Å². The van der Waals surface area contributed by atoms with E-state index < -0.39 is 17.5 Å². The van der Waals surface area contributed by atoms with Gasteiger partial charge in [-0.3, -0.25) is 0 Å². The molecule has 0 rings (SSSR count). The van der Waals surface area contributed by atoms with E-state index in [9.17, 15) is 0 Å². The average molecular weight is 493 g/mol. The summed E-state index contributed by atoms with van der Waals surface area (Å²) < 4.78 is 31.2. The smallest absolute Gasteiger partial charge is 0.312 e. The van der Waals surface area contributed by atoms with Crippen molar-refractivity contribution in [2.24, 2.45) is 5.92 Å². The Morgan fingerprint density at radius 1 is 0.647 bits per heavy atom. The molecule has 3 unspecified atom stereocenters. The summed E-state index contributed by atoms with van der Waals surface area (Å²) in [5.41, 5.74) is -0.506. The number of rotatable bonds is 21. The van der Waals surface area contributed by atoms with Crippen LogP contribution in [-0.4, -0.2) is 49.6 Å². The van der Waals surface area contributed by atoms with Crippen molar-refractivity contribution in [3.8, 4) is 0 Å². The first-order chi connectivity index (χ1) is 15.8. The van der Waals surface area contributed by atoms with E-state index in [1.54, 1.807) is 0 Å². The molecule has 0 spiro atoms. The van der Waals surface area contributed by atoms with Gasteiger partial charge in [0.25, 0.3) is 5.97 Å². The lowest BCUT2D eigenvalue weighted by Gasteiger charge is -2.38. The minimum absolute atomic E-state index is 0.00211. The molecule has 0 amide bonds. The molecule has 0 aromatic carbocycles. The third kappa shape index (κ3) is 15.7. The van der Waals surface area contributed by atoms with E-state index in [0.29, 0.717) is 45.0 Å². The van der Waals surface area contributed by atoms with Crippen molar-refractivity contribution < 1.29 is 33.5 Å². The number of hydrogen-bond acceptors (Lipinski definition) is 7. The Bertz CT molecular complexity index is 492. The zero-order valence-electron chi connectivity index (χ0n) is 24.2. The van der Waals surface area contributed by atoms with E-state index >= 15 is 0 Å². The van der Waals surface area contributed by atoms with E-state index in [1.807, 2.05) is 41.5 Å². The van der Waals surface area contributed by atoms with Gasteiger partial charge in [-0.1, -0.05) is 41.0 Å². The Morgan fingerprint density at radius 3 is 1.76 bits per heavy atom. The molecule has 0 N–H and O–H groups in total. The molecule has 0 radical (unpaired) electrons. The topological polar surface area (TPSA) is 64.6 Å². The second-order valence-electron chi connectivity index (χ2n) is 10.8. The van der Waals surface area contributed by atoms with Crippen LogP contribution in [-0.2, 0) is 33.5 Å². The van der Waals surface area contributed by atoms with Gasteiger partial charge in [0.15, 0.2) is 0 Å². The number of unbranched alkanes of at least 4 members (excludes halogenated alkanes) is 1. The summed E-state index contributed by atoms with van der Waals surface area (Å²) in [6, 6.07) is 0. The second-order valence-corrected chi connectivity index (χ2v) is 10.8. The second kappa shape index (κ2) is 17.2. The quantitative estimate of drug-likeness (QED) is 0.0717. The third-order valence-corrected chi connectivity index (χ3v) is 4.74. The highest BCUT2D eigenvalue weighted by atomic mass is 17.3. The van der Waals surface area contributed by atoms with Crippen LogP contribution in [0.15, 0.2) is 0 Å². The van der Waals surface area contributed by atoms with Crippen LogP contribution in [0.1, 0.15) is 121 Å². The van der Waals surface area contributed by atoms with E-state index in [-0.39, 0.29) is 12.2 Å². The monoisotopic (exact) mass is 492 g/mol. The maximum absolute atomic E-state index is 6.38. The molecule has 0 aliphatic rings. The summed E-state index contributed by atoms with van der Waals surface area (Å²) in [5.74, 6) is -2.08. The number of hydrogen-bond donors (Lipinski definition) is 0. The lowest BCUT2D eigenvalue weighted by molar-refractivity contribution is -0.533. The van der Waals surface area contributed by atoms with Gasteiger partial charge >= 0.3 is 5.97 Å². The van der Waals surface area contributed by atoms with Crippen LogP contribution in [0.3, 0.4) is 0 Å². The van der Waals surface area contributed by atoms with Crippen molar-refractivity contribution in [1.82, 2.24) is 0 Å². The largest absolute Gasteiger partial charge is 0.327 e. The highest BCUT2D eigenvalue weighted by Crippen LogP contribution is 2.32. The highest BCUT2D eigenvalue weighted by molar-refractivity contribution is 4.68. The van der Waals surface area contributed by atoms with Crippen LogP contribution in [0.25, 0.3) is 0 Å². The first-order valence-electron chi connectivity index (χ1n) is 13.5. The molecule has 0 saturated heterocycles. The maximum atomic E-state index is 6.38. The molecular formula is C27H56O7. The molecule has 0 heterocycles. The molecule has 0 bridgehead atoms. The lowest BCUT2D eigenvalue weighted by Crippen LogP contribution is -2.46. The van der Waals surface area contributed by atoms with Crippen LogP contribution < -0.4 is 0 Å². The Kier molecular flexibility index (Phi) is 17.1. The van der Waals surface area contributed by atoms with Gasteiger partial charge in [0.05, 0.1) is 37.6 Å². The van der Waals surface area contributed by atoms with Crippen molar-refractivity contribution in [3.63, 3.8) is 0 Å². The summed E-state index contributed by atoms with van der Waals surface area (Å²) in [7, 11) is 0. The van der Waals surface area contributed by atoms with E-state index in [0.717, 1.165) is 25.7 Å². The lowest BCUT2D eigenvalue weighted by atomic mass is 10.1. The average Bonchev–Trinajstić information content (AvgIpc) is 2.74. The Morgan fingerprint density at radius 2 is 1.26 bits per heavy atom. The first kappa shape index (κ1) is 33.7. The van der Waals surface area contributed by atoms with E-state index in [1.165, 1.54) is 0 Å². The predicted molar refractivity (Wildman–Crippen MR) is 136 cm³/mol. The molecule has 3 atom stereocenters. The summed E-state index contributed by atoms with van der Waals surface area (Å²) >= 11 is 0. The summed E-state index contributed by atoms with van der Waals surface area (Å²) in [6.07, 6.45) is 5.16. The third-order valence-electron chi connectivity index (χ3n) is 4.74. The molecule has 34 heavy (non-hydrogen) atoms.